The normalized spacial score (nSPS) is 24.5. The average molecular weight is 419 g/mol. The smallest absolute Gasteiger partial charge is 0.206 e. The third-order valence-electron chi connectivity index (χ3n) is 6.58. The molecule has 2 fully saturated rings. The topological polar surface area (TPSA) is 40.6 Å². The van der Waals surface area contributed by atoms with Crippen molar-refractivity contribution in [1.82, 2.24) is 4.90 Å². The quantitative estimate of drug-likeness (QED) is 0.757. The summed E-state index contributed by atoms with van der Waals surface area (Å²) in [7, 11) is -3.44. The van der Waals surface area contributed by atoms with Crippen LogP contribution in [0.2, 0.25) is 0 Å². The molecule has 2 aromatic rings. The first-order valence-corrected chi connectivity index (χ1v) is 11.5. The van der Waals surface area contributed by atoms with E-state index < -0.39 is 9.84 Å². The van der Waals surface area contributed by atoms with Gasteiger partial charge in [0.25, 0.3) is 0 Å². The molecule has 3 aliphatic rings. The van der Waals surface area contributed by atoms with Crippen molar-refractivity contribution in [3.63, 3.8) is 0 Å². The Kier molecular flexibility index (Phi) is 5.43. The number of nitrogens with zero attached hydrogens (tertiary/aromatic N) is 2. The molecule has 2 saturated heterocycles. The summed E-state index contributed by atoms with van der Waals surface area (Å²) in [6.45, 7) is 3.50. The van der Waals surface area contributed by atoms with Gasteiger partial charge in [-0.05, 0) is 74.5 Å². The number of hydrogen-bond donors (Lipinski definition) is 0. The maximum Gasteiger partial charge on any atom is 0.206 e. The average Bonchev–Trinajstić information content (AvgIpc) is 3.34. The molecule has 2 atom stereocenters. The van der Waals surface area contributed by atoms with Gasteiger partial charge in [-0.25, -0.2) is 8.42 Å². The van der Waals surface area contributed by atoms with Crippen molar-refractivity contribution in [2.45, 2.75) is 54.0 Å². The lowest BCUT2D eigenvalue weighted by molar-refractivity contribution is 0.178. The summed E-state index contributed by atoms with van der Waals surface area (Å²) < 4.78 is 25.8. The van der Waals surface area contributed by atoms with Crippen molar-refractivity contribution in [2.24, 2.45) is 0 Å². The van der Waals surface area contributed by atoms with Crippen LogP contribution in [0.4, 0.5) is 5.69 Å². The van der Waals surface area contributed by atoms with Crippen LogP contribution in [0.25, 0.3) is 0 Å². The van der Waals surface area contributed by atoms with Crippen LogP contribution < -0.4 is 4.90 Å². The van der Waals surface area contributed by atoms with Gasteiger partial charge >= 0.3 is 0 Å². The lowest BCUT2D eigenvalue weighted by atomic mass is 9.96. The van der Waals surface area contributed by atoms with Gasteiger partial charge in [0.1, 0.15) is 0 Å². The Labute approximate surface area is 173 Å². The third-order valence-corrected chi connectivity index (χ3v) is 8.35. The first-order chi connectivity index (χ1) is 13.1. The van der Waals surface area contributed by atoms with Gasteiger partial charge in [0.05, 0.1) is 9.79 Å². The standard InChI is InChI=1S/C22H26N2O2S.ClH/c25-27(26,20-6-2-1-3-7-20)21-8-9-22-17(15-21)10-14-24(22)19-11-13-23-12-4-5-18(23)16-19;/h1-3,6-9,15,18-19H,4-5,10-14,16H2;1H. The molecule has 2 unspecified atom stereocenters. The van der Waals surface area contributed by atoms with Gasteiger partial charge in [-0.3, -0.25) is 0 Å². The number of halogens is 1. The number of benzene rings is 2. The molecule has 6 heteroatoms. The zero-order valence-corrected chi connectivity index (χ0v) is 17.6. The van der Waals surface area contributed by atoms with Gasteiger partial charge in [-0.2, -0.15) is 0 Å². The highest BCUT2D eigenvalue weighted by Crippen LogP contribution is 2.37. The fraction of sp³-hybridized carbons (Fsp3) is 0.455. The Morgan fingerprint density at radius 2 is 1.68 bits per heavy atom. The number of rotatable bonds is 3. The van der Waals surface area contributed by atoms with Crippen molar-refractivity contribution < 1.29 is 8.42 Å². The van der Waals surface area contributed by atoms with Gasteiger partial charge in [0.2, 0.25) is 9.84 Å². The van der Waals surface area contributed by atoms with Crippen molar-refractivity contribution >= 4 is 27.9 Å². The molecule has 0 aromatic heterocycles. The maximum atomic E-state index is 12.9. The maximum absolute atomic E-state index is 12.9. The molecule has 3 aliphatic heterocycles. The minimum absolute atomic E-state index is 0. The van der Waals surface area contributed by atoms with E-state index in [1.54, 1.807) is 30.3 Å². The van der Waals surface area contributed by atoms with Crippen LogP contribution in [0.15, 0.2) is 58.3 Å². The van der Waals surface area contributed by atoms with Crippen LogP contribution >= 0.6 is 12.4 Å². The molecule has 5 rings (SSSR count). The van der Waals surface area contributed by atoms with E-state index in [-0.39, 0.29) is 12.4 Å². The van der Waals surface area contributed by atoms with Gasteiger partial charge in [-0.15, -0.1) is 12.4 Å². The summed E-state index contributed by atoms with van der Waals surface area (Å²) in [5.74, 6) is 0. The van der Waals surface area contributed by atoms with Crippen LogP contribution in [-0.2, 0) is 16.3 Å². The molecule has 0 N–H and O–H groups in total. The molecule has 0 saturated carbocycles. The third kappa shape index (κ3) is 3.34. The Bertz CT molecular complexity index is 948. The molecule has 150 valence electrons. The Balaban J connectivity index is 0.00000192. The minimum Gasteiger partial charge on any atom is -0.368 e. The molecule has 4 nitrogen and oxygen atoms in total. The van der Waals surface area contributed by atoms with Crippen molar-refractivity contribution in [1.29, 1.82) is 0 Å². The zero-order chi connectivity index (χ0) is 18.4. The highest BCUT2D eigenvalue weighted by atomic mass is 35.5. The van der Waals surface area contributed by atoms with Gasteiger partial charge < -0.3 is 9.80 Å². The van der Waals surface area contributed by atoms with E-state index in [1.165, 1.54) is 50.0 Å². The number of piperidine rings is 1. The molecular formula is C22H27ClN2O2S. The van der Waals surface area contributed by atoms with E-state index in [0.29, 0.717) is 15.8 Å². The summed E-state index contributed by atoms with van der Waals surface area (Å²) in [6.07, 6.45) is 6.10. The van der Waals surface area contributed by atoms with E-state index in [9.17, 15) is 8.42 Å². The first-order valence-electron chi connectivity index (χ1n) is 10.1. The van der Waals surface area contributed by atoms with Gasteiger partial charge in [-0.1, -0.05) is 18.2 Å². The van der Waals surface area contributed by atoms with Crippen LogP contribution in [0, 0.1) is 0 Å². The molecule has 0 radical (unpaired) electrons. The zero-order valence-electron chi connectivity index (χ0n) is 16.0. The molecule has 3 heterocycles. The number of anilines is 1. The molecule has 0 amide bonds. The Morgan fingerprint density at radius 3 is 2.50 bits per heavy atom. The number of sulfone groups is 1. The second-order valence-corrected chi connectivity index (χ2v) is 10.0. The number of hydrogen-bond acceptors (Lipinski definition) is 4. The fourth-order valence-electron chi connectivity index (χ4n) is 5.17. The number of fused-ring (bicyclic) bond motifs is 2. The van der Waals surface area contributed by atoms with Gasteiger partial charge in [0.15, 0.2) is 0 Å². The van der Waals surface area contributed by atoms with E-state index in [2.05, 4.69) is 9.80 Å². The predicted octanol–water partition coefficient (Wildman–Crippen LogP) is 3.93. The summed E-state index contributed by atoms with van der Waals surface area (Å²) in [6, 6.07) is 15.8. The summed E-state index contributed by atoms with van der Waals surface area (Å²) in [5.41, 5.74) is 2.43. The second-order valence-electron chi connectivity index (χ2n) is 8.06. The molecule has 0 bridgehead atoms. The molecule has 28 heavy (non-hydrogen) atoms. The summed E-state index contributed by atoms with van der Waals surface area (Å²) in [4.78, 5) is 5.99. The lowest BCUT2D eigenvalue weighted by Gasteiger charge is -2.40. The van der Waals surface area contributed by atoms with Crippen LogP contribution in [0.1, 0.15) is 31.2 Å². The first kappa shape index (κ1) is 19.7. The molecule has 2 aromatic carbocycles. The fourth-order valence-corrected chi connectivity index (χ4v) is 6.50. The molecule has 0 aliphatic carbocycles. The Hall–Kier alpha value is -1.56. The largest absolute Gasteiger partial charge is 0.368 e. The summed E-state index contributed by atoms with van der Waals surface area (Å²) >= 11 is 0. The van der Waals surface area contributed by atoms with Crippen LogP contribution in [0.5, 0.6) is 0 Å². The van der Waals surface area contributed by atoms with E-state index in [4.69, 9.17) is 0 Å². The van der Waals surface area contributed by atoms with Crippen molar-refractivity contribution in [3.05, 3.63) is 54.1 Å². The summed E-state index contributed by atoms with van der Waals surface area (Å²) in [5, 5.41) is 0. The SMILES string of the molecule is Cl.O=S(=O)(c1ccccc1)c1ccc2c(c1)CCN2C1CCN2CCCC2C1. The monoisotopic (exact) mass is 418 g/mol. The molecule has 0 spiro atoms. The van der Waals surface area contributed by atoms with Crippen LogP contribution in [-0.4, -0.2) is 45.0 Å². The highest BCUT2D eigenvalue weighted by Gasteiger charge is 2.36. The Morgan fingerprint density at radius 1 is 0.857 bits per heavy atom. The van der Waals surface area contributed by atoms with Crippen molar-refractivity contribution in [2.75, 3.05) is 24.5 Å². The lowest BCUT2D eigenvalue weighted by Crippen LogP contribution is -2.47. The van der Waals surface area contributed by atoms with E-state index >= 15 is 0 Å². The minimum atomic E-state index is -3.44. The second kappa shape index (κ2) is 7.69. The molecular weight excluding hydrogens is 392 g/mol. The highest BCUT2D eigenvalue weighted by molar-refractivity contribution is 7.91. The van der Waals surface area contributed by atoms with Gasteiger partial charge in [0, 0.05) is 30.9 Å². The van der Waals surface area contributed by atoms with E-state index in [1.807, 2.05) is 18.2 Å². The van der Waals surface area contributed by atoms with E-state index in [0.717, 1.165) is 19.0 Å². The van der Waals surface area contributed by atoms with Crippen LogP contribution in [0.3, 0.4) is 0 Å². The predicted molar refractivity (Wildman–Crippen MR) is 114 cm³/mol. The van der Waals surface area contributed by atoms with Crippen molar-refractivity contribution in [3.8, 4) is 0 Å².